The second kappa shape index (κ2) is 9.49. The van der Waals surface area contributed by atoms with Crippen molar-refractivity contribution in [1.82, 2.24) is 5.43 Å². The summed E-state index contributed by atoms with van der Waals surface area (Å²) in [6.07, 6.45) is 1.56. The average Bonchev–Trinajstić information content (AvgIpc) is 2.73. The van der Waals surface area contributed by atoms with Gasteiger partial charge in [0.25, 0.3) is 5.91 Å². The summed E-state index contributed by atoms with van der Waals surface area (Å²) < 4.78 is 6.49. The molecular formula is C22H16BrN3O2. The Bertz CT molecular complexity index is 1040. The number of nitriles is 1. The van der Waals surface area contributed by atoms with E-state index in [4.69, 9.17) is 10.00 Å². The van der Waals surface area contributed by atoms with Crippen molar-refractivity contribution in [2.45, 2.75) is 6.61 Å². The zero-order valence-electron chi connectivity index (χ0n) is 14.8. The van der Waals surface area contributed by atoms with E-state index in [1.165, 1.54) is 0 Å². The van der Waals surface area contributed by atoms with Gasteiger partial charge in [-0.1, -0.05) is 36.4 Å². The molecule has 3 aromatic rings. The first kappa shape index (κ1) is 19.3. The Kier molecular flexibility index (Phi) is 6.55. The third-order valence-corrected chi connectivity index (χ3v) is 4.54. The molecule has 0 aromatic heterocycles. The van der Waals surface area contributed by atoms with Gasteiger partial charge in [0, 0.05) is 4.47 Å². The molecule has 0 unspecified atom stereocenters. The van der Waals surface area contributed by atoms with Gasteiger partial charge in [-0.05, 0) is 63.5 Å². The molecule has 0 aliphatic rings. The summed E-state index contributed by atoms with van der Waals surface area (Å²) in [5.74, 6) is 0.391. The highest BCUT2D eigenvalue weighted by Crippen LogP contribution is 2.16. The Morgan fingerprint density at radius 3 is 2.64 bits per heavy atom. The Morgan fingerprint density at radius 1 is 1.11 bits per heavy atom. The molecule has 0 radical (unpaired) electrons. The average molecular weight is 434 g/mol. The smallest absolute Gasteiger partial charge is 0.272 e. The first-order valence-corrected chi connectivity index (χ1v) is 9.25. The number of amides is 1. The fourth-order valence-corrected chi connectivity index (χ4v) is 2.86. The van der Waals surface area contributed by atoms with E-state index in [0.29, 0.717) is 28.0 Å². The van der Waals surface area contributed by atoms with Crippen LogP contribution in [0.15, 0.2) is 82.4 Å². The standard InChI is InChI=1S/C22H16BrN3O2/c23-21-7-2-1-6-20(21)22(27)26-25-14-18-4-3-5-19(12-18)28-15-17-10-8-16(13-24)9-11-17/h1-12,14H,15H2,(H,26,27)/b25-14+. The van der Waals surface area contributed by atoms with Gasteiger partial charge in [0.15, 0.2) is 0 Å². The number of hydrazone groups is 1. The Hall–Kier alpha value is -3.43. The number of ether oxygens (including phenoxy) is 1. The largest absolute Gasteiger partial charge is 0.489 e. The predicted molar refractivity (Wildman–Crippen MR) is 111 cm³/mol. The van der Waals surface area contributed by atoms with E-state index in [1.807, 2.05) is 42.5 Å². The van der Waals surface area contributed by atoms with Crippen molar-refractivity contribution in [1.29, 1.82) is 5.26 Å². The topological polar surface area (TPSA) is 74.5 Å². The quantitative estimate of drug-likeness (QED) is 0.453. The number of hydrogen-bond donors (Lipinski definition) is 1. The molecule has 0 saturated carbocycles. The molecule has 0 aliphatic carbocycles. The maximum Gasteiger partial charge on any atom is 0.272 e. The van der Waals surface area contributed by atoms with Crippen molar-refractivity contribution in [2.75, 3.05) is 0 Å². The molecule has 0 saturated heterocycles. The van der Waals surface area contributed by atoms with Gasteiger partial charge in [-0.25, -0.2) is 5.43 Å². The fraction of sp³-hybridized carbons (Fsp3) is 0.0455. The number of rotatable bonds is 6. The van der Waals surface area contributed by atoms with Crippen LogP contribution in [-0.4, -0.2) is 12.1 Å². The molecule has 0 atom stereocenters. The van der Waals surface area contributed by atoms with Gasteiger partial charge in [-0.2, -0.15) is 10.4 Å². The normalized spacial score (nSPS) is 10.4. The van der Waals surface area contributed by atoms with Crippen LogP contribution in [0.2, 0.25) is 0 Å². The van der Waals surface area contributed by atoms with Crippen molar-refractivity contribution in [3.8, 4) is 11.8 Å². The number of carbonyl (C=O) groups excluding carboxylic acids is 1. The molecule has 1 amide bonds. The van der Waals surface area contributed by atoms with Crippen molar-refractivity contribution < 1.29 is 9.53 Å². The van der Waals surface area contributed by atoms with Crippen LogP contribution < -0.4 is 10.2 Å². The van der Waals surface area contributed by atoms with Gasteiger partial charge in [-0.15, -0.1) is 0 Å². The summed E-state index contributed by atoms with van der Waals surface area (Å²) in [5, 5.41) is 12.8. The summed E-state index contributed by atoms with van der Waals surface area (Å²) in [4.78, 5) is 12.1. The zero-order chi connectivity index (χ0) is 19.8. The molecule has 5 nitrogen and oxygen atoms in total. The molecule has 0 heterocycles. The maximum absolute atomic E-state index is 12.1. The third-order valence-electron chi connectivity index (χ3n) is 3.84. The number of nitrogens with one attached hydrogen (secondary N) is 1. The number of hydrogen-bond acceptors (Lipinski definition) is 4. The molecule has 3 aromatic carbocycles. The third kappa shape index (κ3) is 5.29. The molecule has 28 heavy (non-hydrogen) atoms. The van der Waals surface area contributed by atoms with Crippen LogP contribution in [0.4, 0.5) is 0 Å². The molecule has 0 bridgehead atoms. The molecule has 0 aliphatic heterocycles. The van der Waals surface area contributed by atoms with E-state index in [9.17, 15) is 4.79 Å². The Balaban J connectivity index is 1.58. The van der Waals surface area contributed by atoms with Crippen LogP contribution in [0.25, 0.3) is 0 Å². The van der Waals surface area contributed by atoms with E-state index < -0.39 is 0 Å². The van der Waals surface area contributed by atoms with Crippen LogP contribution in [0.3, 0.4) is 0 Å². The lowest BCUT2D eigenvalue weighted by Gasteiger charge is -2.07. The summed E-state index contributed by atoms with van der Waals surface area (Å²) in [5.41, 5.74) is 5.41. The van der Waals surface area contributed by atoms with Gasteiger partial charge in [0.1, 0.15) is 12.4 Å². The molecule has 3 rings (SSSR count). The zero-order valence-corrected chi connectivity index (χ0v) is 16.4. The highest BCUT2D eigenvalue weighted by molar-refractivity contribution is 9.10. The second-order valence-corrected chi connectivity index (χ2v) is 6.70. The van der Waals surface area contributed by atoms with E-state index in [-0.39, 0.29) is 5.91 Å². The summed E-state index contributed by atoms with van der Waals surface area (Å²) in [6.45, 7) is 0.394. The molecule has 138 valence electrons. The Labute approximate surface area is 171 Å². The monoisotopic (exact) mass is 433 g/mol. The van der Waals surface area contributed by atoms with Crippen LogP contribution in [-0.2, 0) is 6.61 Å². The van der Waals surface area contributed by atoms with Gasteiger partial charge >= 0.3 is 0 Å². The molecule has 6 heteroatoms. The van der Waals surface area contributed by atoms with E-state index >= 15 is 0 Å². The maximum atomic E-state index is 12.1. The van der Waals surface area contributed by atoms with Gasteiger partial charge in [-0.3, -0.25) is 4.79 Å². The number of nitrogens with zero attached hydrogens (tertiary/aromatic N) is 2. The van der Waals surface area contributed by atoms with Crippen LogP contribution in [0.5, 0.6) is 5.75 Å². The van der Waals surface area contributed by atoms with Crippen LogP contribution in [0, 0.1) is 11.3 Å². The minimum absolute atomic E-state index is 0.294. The molecule has 0 spiro atoms. The lowest BCUT2D eigenvalue weighted by Crippen LogP contribution is -2.18. The number of carbonyl (C=O) groups is 1. The predicted octanol–water partition coefficient (Wildman–Crippen LogP) is 4.66. The van der Waals surface area contributed by atoms with Gasteiger partial charge in [0.05, 0.1) is 23.4 Å². The molecule has 0 fully saturated rings. The highest BCUT2D eigenvalue weighted by atomic mass is 79.9. The van der Waals surface area contributed by atoms with E-state index in [1.54, 1.807) is 36.5 Å². The van der Waals surface area contributed by atoms with E-state index in [2.05, 4.69) is 32.5 Å². The summed E-state index contributed by atoms with van der Waals surface area (Å²) in [6, 6.07) is 23.9. The minimum Gasteiger partial charge on any atom is -0.489 e. The van der Waals surface area contributed by atoms with Crippen molar-refractivity contribution in [3.05, 3.63) is 99.5 Å². The fourth-order valence-electron chi connectivity index (χ4n) is 2.40. The van der Waals surface area contributed by atoms with Crippen molar-refractivity contribution in [2.24, 2.45) is 5.10 Å². The summed E-state index contributed by atoms with van der Waals surface area (Å²) >= 11 is 3.34. The lowest BCUT2D eigenvalue weighted by atomic mass is 10.1. The Morgan fingerprint density at radius 2 is 1.89 bits per heavy atom. The van der Waals surface area contributed by atoms with Crippen LogP contribution in [0.1, 0.15) is 27.0 Å². The van der Waals surface area contributed by atoms with Gasteiger partial charge in [0.2, 0.25) is 0 Å². The minimum atomic E-state index is -0.294. The van der Waals surface area contributed by atoms with Crippen molar-refractivity contribution in [3.63, 3.8) is 0 Å². The molecule has 1 N–H and O–H groups in total. The second-order valence-electron chi connectivity index (χ2n) is 5.85. The van der Waals surface area contributed by atoms with Crippen molar-refractivity contribution >= 4 is 28.1 Å². The number of benzene rings is 3. The van der Waals surface area contributed by atoms with Crippen LogP contribution >= 0.6 is 15.9 Å². The number of halogens is 1. The lowest BCUT2D eigenvalue weighted by molar-refractivity contribution is 0.0954. The SMILES string of the molecule is N#Cc1ccc(COc2cccc(/C=N/NC(=O)c3ccccc3Br)c2)cc1. The van der Waals surface area contributed by atoms with Gasteiger partial charge < -0.3 is 4.74 Å². The summed E-state index contributed by atoms with van der Waals surface area (Å²) in [7, 11) is 0. The first-order chi connectivity index (χ1) is 13.7. The van der Waals surface area contributed by atoms with E-state index in [0.717, 1.165) is 11.1 Å². The first-order valence-electron chi connectivity index (χ1n) is 8.45. The molecular weight excluding hydrogens is 418 g/mol. The highest BCUT2D eigenvalue weighted by Gasteiger charge is 2.07.